The molecule has 3 aromatic carbocycles. The van der Waals surface area contributed by atoms with Gasteiger partial charge in [0.15, 0.2) is 0 Å². The number of hydrazine groups is 1. The molecule has 7 heteroatoms. The van der Waals surface area contributed by atoms with E-state index in [4.69, 9.17) is 4.74 Å². The van der Waals surface area contributed by atoms with Crippen molar-refractivity contribution >= 4 is 33.4 Å². The Morgan fingerprint density at radius 1 is 1.03 bits per heavy atom. The van der Waals surface area contributed by atoms with Crippen LogP contribution >= 0.6 is 15.9 Å². The normalized spacial score (nSPS) is 15.3. The molecule has 2 amide bonds. The highest BCUT2D eigenvalue weighted by Crippen LogP contribution is 2.32. The number of hydrogen-bond donors (Lipinski definition) is 2. The molecule has 0 spiro atoms. The Morgan fingerprint density at radius 2 is 1.72 bits per heavy atom. The second-order valence-corrected chi connectivity index (χ2v) is 7.40. The summed E-state index contributed by atoms with van der Waals surface area (Å²) in [5.74, 6) is 0.0536. The van der Waals surface area contributed by atoms with Crippen LogP contribution in [0.1, 0.15) is 32.4 Å². The molecule has 3 aromatic rings. The molecule has 6 nitrogen and oxygen atoms in total. The van der Waals surface area contributed by atoms with Gasteiger partial charge in [-0.3, -0.25) is 15.0 Å². The van der Waals surface area contributed by atoms with Crippen molar-refractivity contribution in [3.8, 4) is 5.75 Å². The van der Waals surface area contributed by atoms with E-state index in [1.165, 1.54) is 5.01 Å². The van der Waals surface area contributed by atoms with Crippen molar-refractivity contribution in [3.05, 3.63) is 94.0 Å². The average Bonchev–Trinajstić information content (AvgIpc) is 2.76. The fourth-order valence-electron chi connectivity index (χ4n) is 3.16. The predicted molar refractivity (Wildman–Crippen MR) is 114 cm³/mol. The van der Waals surface area contributed by atoms with Crippen molar-refractivity contribution in [1.82, 2.24) is 10.4 Å². The number of carbonyl (C=O) groups excluding carboxylic acids is 2. The third-order valence-corrected chi connectivity index (χ3v) is 5.22. The van der Waals surface area contributed by atoms with Gasteiger partial charge in [-0.2, -0.15) is 0 Å². The van der Waals surface area contributed by atoms with Crippen LogP contribution in [0.25, 0.3) is 0 Å². The zero-order valence-corrected chi connectivity index (χ0v) is 17.1. The highest BCUT2D eigenvalue weighted by Gasteiger charge is 2.34. The fourth-order valence-corrected chi connectivity index (χ4v) is 3.43. The van der Waals surface area contributed by atoms with Crippen LogP contribution in [0.15, 0.2) is 77.3 Å². The van der Waals surface area contributed by atoms with Crippen LogP contribution < -0.4 is 15.5 Å². The molecule has 146 valence electrons. The third-order valence-electron chi connectivity index (χ3n) is 4.69. The van der Waals surface area contributed by atoms with Gasteiger partial charge in [0.2, 0.25) is 0 Å². The average molecular weight is 452 g/mol. The lowest BCUT2D eigenvalue weighted by Gasteiger charge is -2.37. The van der Waals surface area contributed by atoms with E-state index < -0.39 is 6.17 Å². The summed E-state index contributed by atoms with van der Waals surface area (Å²) in [6, 6.07) is 21.5. The van der Waals surface area contributed by atoms with Crippen molar-refractivity contribution in [3.63, 3.8) is 0 Å². The first-order valence-corrected chi connectivity index (χ1v) is 9.76. The Balaban J connectivity index is 1.69. The number of benzene rings is 3. The van der Waals surface area contributed by atoms with Crippen LogP contribution in [-0.2, 0) is 0 Å². The van der Waals surface area contributed by atoms with Gasteiger partial charge in [-0.05, 0) is 54.1 Å². The summed E-state index contributed by atoms with van der Waals surface area (Å²) < 4.78 is 6.09. The number of amides is 2. The summed E-state index contributed by atoms with van der Waals surface area (Å²) in [5, 5.41) is 4.67. The number of anilines is 1. The van der Waals surface area contributed by atoms with Gasteiger partial charge in [0, 0.05) is 15.7 Å². The molecule has 1 heterocycles. The van der Waals surface area contributed by atoms with Gasteiger partial charge < -0.3 is 10.1 Å². The van der Waals surface area contributed by atoms with Crippen molar-refractivity contribution in [2.24, 2.45) is 0 Å². The molecule has 2 N–H and O–H groups in total. The Hall–Kier alpha value is -3.32. The van der Waals surface area contributed by atoms with Gasteiger partial charge in [0.25, 0.3) is 11.8 Å². The summed E-state index contributed by atoms with van der Waals surface area (Å²) in [6.45, 7) is 0. The summed E-state index contributed by atoms with van der Waals surface area (Å²) in [5.41, 5.74) is 5.23. The maximum atomic E-state index is 13.2. The van der Waals surface area contributed by atoms with Gasteiger partial charge in [-0.1, -0.05) is 40.2 Å². The molecule has 0 aromatic heterocycles. The molecular weight excluding hydrogens is 434 g/mol. The van der Waals surface area contributed by atoms with E-state index >= 15 is 0 Å². The number of ether oxygens (including phenoxy) is 1. The highest BCUT2D eigenvalue weighted by atomic mass is 79.9. The number of para-hydroxylation sites is 1. The van der Waals surface area contributed by atoms with Crippen LogP contribution in [0.3, 0.4) is 0 Å². The second-order valence-electron chi connectivity index (χ2n) is 6.49. The number of nitrogens with one attached hydrogen (secondary N) is 2. The van der Waals surface area contributed by atoms with Crippen molar-refractivity contribution < 1.29 is 14.3 Å². The summed E-state index contributed by atoms with van der Waals surface area (Å²) in [7, 11) is 1.60. The quantitative estimate of drug-likeness (QED) is 0.617. The number of halogens is 1. The van der Waals surface area contributed by atoms with Crippen LogP contribution in [0.4, 0.5) is 5.69 Å². The Kier molecular flexibility index (Phi) is 5.22. The number of hydrogen-bond acceptors (Lipinski definition) is 4. The third kappa shape index (κ3) is 3.82. The standard InChI is InChI=1S/C22H18BrN3O3/c1-29-17-12-8-14(9-13-17)20-24-19-5-3-2-4-18(19)22(28)26(20)25-21(27)15-6-10-16(23)11-7-15/h2-13,20,24H,1H3,(H,25,27)/t20-/m1/s1. The molecule has 0 fully saturated rings. The lowest BCUT2D eigenvalue weighted by atomic mass is 10.0. The molecule has 1 atom stereocenters. The minimum atomic E-state index is -0.567. The first-order chi connectivity index (χ1) is 14.1. The zero-order valence-electron chi connectivity index (χ0n) is 15.6. The number of carbonyl (C=O) groups is 2. The van der Waals surface area contributed by atoms with Crippen molar-refractivity contribution in [2.75, 3.05) is 12.4 Å². The first-order valence-electron chi connectivity index (χ1n) is 8.96. The molecule has 1 aliphatic heterocycles. The maximum Gasteiger partial charge on any atom is 0.276 e. The SMILES string of the molecule is COc1ccc([C@@H]2Nc3ccccc3C(=O)N2NC(=O)c2ccc(Br)cc2)cc1. The van der Waals surface area contributed by atoms with E-state index in [1.807, 2.05) is 36.4 Å². The van der Waals surface area contributed by atoms with Crippen molar-refractivity contribution in [1.29, 1.82) is 0 Å². The summed E-state index contributed by atoms with van der Waals surface area (Å²) in [4.78, 5) is 26.0. The van der Waals surface area contributed by atoms with Crippen LogP contribution in [0, 0.1) is 0 Å². The summed E-state index contributed by atoms with van der Waals surface area (Å²) >= 11 is 3.36. The fraction of sp³-hybridized carbons (Fsp3) is 0.0909. The molecule has 0 unspecified atom stereocenters. The molecule has 0 bridgehead atoms. The Labute approximate surface area is 176 Å². The Bertz CT molecular complexity index is 1050. The first kappa shape index (κ1) is 19.0. The van der Waals surface area contributed by atoms with Gasteiger partial charge in [-0.15, -0.1) is 0 Å². The minimum absolute atomic E-state index is 0.286. The molecule has 0 aliphatic carbocycles. The van der Waals surface area contributed by atoms with E-state index in [9.17, 15) is 9.59 Å². The van der Waals surface area contributed by atoms with E-state index in [2.05, 4.69) is 26.7 Å². The number of rotatable bonds is 4. The number of nitrogens with zero attached hydrogens (tertiary/aromatic N) is 1. The van der Waals surface area contributed by atoms with Gasteiger partial charge >= 0.3 is 0 Å². The summed E-state index contributed by atoms with van der Waals surface area (Å²) in [6.07, 6.45) is -0.567. The second kappa shape index (κ2) is 7.97. The van der Waals surface area contributed by atoms with Crippen LogP contribution in [0.2, 0.25) is 0 Å². The smallest absolute Gasteiger partial charge is 0.276 e. The number of fused-ring (bicyclic) bond motifs is 1. The molecule has 0 saturated carbocycles. The van der Waals surface area contributed by atoms with E-state index in [1.54, 1.807) is 43.5 Å². The maximum absolute atomic E-state index is 13.2. The molecule has 29 heavy (non-hydrogen) atoms. The molecule has 0 radical (unpaired) electrons. The highest BCUT2D eigenvalue weighted by molar-refractivity contribution is 9.10. The van der Waals surface area contributed by atoms with Gasteiger partial charge in [-0.25, -0.2) is 5.01 Å². The lowest BCUT2D eigenvalue weighted by Crippen LogP contribution is -2.52. The van der Waals surface area contributed by atoms with Crippen LogP contribution in [0.5, 0.6) is 5.75 Å². The monoisotopic (exact) mass is 451 g/mol. The molecular formula is C22H18BrN3O3. The van der Waals surface area contributed by atoms with Gasteiger partial charge in [0.1, 0.15) is 11.9 Å². The minimum Gasteiger partial charge on any atom is -0.497 e. The van der Waals surface area contributed by atoms with E-state index in [0.29, 0.717) is 22.6 Å². The van der Waals surface area contributed by atoms with E-state index in [-0.39, 0.29) is 11.8 Å². The molecule has 4 rings (SSSR count). The molecule has 0 saturated heterocycles. The van der Waals surface area contributed by atoms with Crippen LogP contribution in [-0.4, -0.2) is 23.9 Å². The predicted octanol–water partition coefficient (Wildman–Crippen LogP) is 4.37. The lowest BCUT2D eigenvalue weighted by molar-refractivity contribution is 0.0491. The number of methoxy groups -OCH3 is 1. The van der Waals surface area contributed by atoms with Gasteiger partial charge in [0.05, 0.1) is 12.7 Å². The Morgan fingerprint density at radius 3 is 2.41 bits per heavy atom. The topological polar surface area (TPSA) is 70.7 Å². The van der Waals surface area contributed by atoms with Crippen molar-refractivity contribution in [2.45, 2.75) is 6.17 Å². The largest absolute Gasteiger partial charge is 0.497 e. The molecule has 1 aliphatic rings. The zero-order chi connectivity index (χ0) is 20.4. The van der Waals surface area contributed by atoms with E-state index in [0.717, 1.165) is 10.0 Å².